The van der Waals surface area contributed by atoms with Gasteiger partial charge in [0.2, 0.25) is 11.3 Å². The minimum atomic E-state index is -6.72. The van der Waals surface area contributed by atoms with E-state index in [1.165, 1.54) is 34.6 Å². The molecule has 3 fully saturated rings. The first-order valence-corrected chi connectivity index (χ1v) is 27.6. The van der Waals surface area contributed by atoms with Crippen molar-refractivity contribution in [1.29, 1.82) is 5.26 Å². The van der Waals surface area contributed by atoms with Crippen LogP contribution in [0.25, 0.3) is 0 Å². The Morgan fingerprint density at radius 1 is 0.895 bits per heavy atom. The number of likely N-dealkylation sites (N-methyl/N-ethyl adjacent to an activating group) is 1. The zero-order valence-corrected chi connectivity index (χ0v) is 51.9. The number of ether oxygens (including phenoxy) is 9. The number of likely N-dealkylation sites (tertiary alicyclic amines) is 1. The van der Waals surface area contributed by atoms with Crippen molar-refractivity contribution >= 4 is 29.6 Å². The second kappa shape index (κ2) is 25.3. The summed E-state index contributed by atoms with van der Waals surface area (Å²) in [6, 6.07) is 1.58. The highest BCUT2D eigenvalue weighted by Gasteiger charge is 3.02. The van der Waals surface area contributed by atoms with Gasteiger partial charge in [-0.05, 0) is 65.2 Å². The molecule has 0 saturated carbocycles. The van der Waals surface area contributed by atoms with Gasteiger partial charge in [0.1, 0.15) is 12.1 Å². The van der Waals surface area contributed by atoms with Crippen molar-refractivity contribution in [1.82, 2.24) is 19.8 Å². The predicted octanol–water partition coefficient (Wildman–Crippen LogP) is 6.37. The number of rotatable bonds is 25. The van der Waals surface area contributed by atoms with Gasteiger partial charge in [0.15, 0.2) is 11.7 Å². The fraction of sp³-hybridized carbons (Fsp3) is 0.887. The minimum absolute atomic E-state index is 0.0847. The molecule has 12 unspecified atom stereocenters. The van der Waals surface area contributed by atoms with Crippen LogP contribution in [0.1, 0.15) is 130 Å². The van der Waals surface area contributed by atoms with Gasteiger partial charge in [0, 0.05) is 53.7 Å². The first kappa shape index (κ1) is 75.6. The lowest BCUT2D eigenvalue weighted by molar-refractivity contribution is -0.670. The number of Topliss-reactive ketones (excluding diaryl/α,β-unsaturated/α-hetero) is 1. The standard InChI is InChI=1S/C53H83F9N6O18/c1-20-25-43(31(6)7)41(15,22-3)47(75,68(76)77)35(27-63)28-65(43)46(37(72)64(16)17)45(38(73)78-18,39(74)80-23-4)85-48(33(10)70,86-53(60,61)62)51(83-32(8)9,84-34(11)71)67(46)66-44(30-69,40(12,13)14)42(29-54,36(55)56)49(79-19,50(57,58)59)52(66,81-24-5)82-26-21-2/h31-32,35-36,69,75H,20-26,28-30H2,1-19H3. The van der Waals surface area contributed by atoms with Crippen molar-refractivity contribution < 1.29 is 121 Å². The Kier molecular flexibility index (Phi) is 22.3. The van der Waals surface area contributed by atoms with Crippen LogP contribution in [0, 0.1) is 49.5 Å². The number of nitrogens with zero attached hydrogens (tertiary/aromatic N) is 6. The number of nitriles is 1. The molecule has 0 aromatic carbocycles. The number of methoxy groups -OCH3 is 2. The molecule has 12 atom stereocenters. The normalized spacial score (nSPS) is 35.8. The van der Waals surface area contributed by atoms with Crippen LogP contribution >= 0.6 is 0 Å². The first-order chi connectivity index (χ1) is 39.3. The van der Waals surface area contributed by atoms with Crippen LogP contribution in [0.5, 0.6) is 0 Å². The Bertz CT molecular complexity index is 2560. The van der Waals surface area contributed by atoms with Crippen molar-refractivity contribution in [3.05, 3.63) is 10.1 Å². The number of hydrazine groups is 1. The maximum atomic E-state index is 17.9. The third-order valence-corrected chi connectivity index (χ3v) is 17.4. The number of morpholine rings is 1. The third kappa shape index (κ3) is 9.51. The molecular weight excluding hydrogens is 1180 g/mol. The van der Waals surface area contributed by atoms with E-state index in [1.807, 2.05) is 0 Å². The number of aliphatic hydroxyl groups is 2. The molecule has 496 valence electrons. The minimum Gasteiger partial charge on any atom is -0.466 e. The molecule has 3 aliphatic rings. The van der Waals surface area contributed by atoms with Crippen LogP contribution in [0.15, 0.2) is 0 Å². The van der Waals surface area contributed by atoms with Gasteiger partial charge in [-0.15, -0.1) is 18.2 Å². The summed E-state index contributed by atoms with van der Waals surface area (Å²) in [4.78, 5) is 94.2. The molecule has 3 aliphatic heterocycles. The molecule has 3 saturated heterocycles. The summed E-state index contributed by atoms with van der Waals surface area (Å²) in [6.07, 6.45) is -23.0. The van der Waals surface area contributed by atoms with E-state index in [9.17, 15) is 30.4 Å². The highest BCUT2D eigenvalue weighted by molar-refractivity contribution is 6.12. The van der Waals surface area contributed by atoms with Crippen molar-refractivity contribution in [3.63, 3.8) is 0 Å². The fourth-order valence-electron chi connectivity index (χ4n) is 14.4. The summed E-state index contributed by atoms with van der Waals surface area (Å²) in [7, 11) is 1.95. The Morgan fingerprint density at radius 2 is 1.45 bits per heavy atom. The average molecular weight is 1260 g/mol. The Hall–Kier alpha value is -4.63. The molecule has 1 amide bonds. The number of halogens is 9. The van der Waals surface area contributed by atoms with E-state index in [4.69, 9.17) is 42.6 Å². The van der Waals surface area contributed by atoms with E-state index in [2.05, 4.69) is 0 Å². The van der Waals surface area contributed by atoms with E-state index in [0.29, 0.717) is 23.8 Å². The monoisotopic (exact) mass is 1260 g/mol. The Balaban J connectivity index is 3.85. The van der Waals surface area contributed by atoms with E-state index in [-0.39, 0.29) is 20.5 Å². The topological polar surface area (TPSA) is 289 Å². The van der Waals surface area contributed by atoms with E-state index < -0.39 is 208 Å². The number of aliphatic hydroxyl groups excluding tert-OH is 1. The number of esters is 3. The second-order valence-corrected chi connectivity index (χ2v) is 23.3. The predicted molar refractivity (Wildman–Crippen MR) is 278 cm³/mol. The summed E-state index contributed by atoms with van der Waals surface area (Å²) in [5, 5.41) is 50.2. The molecule has 24 nitrogen and oxygen atoms in total. The highest BCUT2D eigenvalue weighted by Crippen LogP contribution is 2.76. The fourth-order valence-corrected chi connectivity index (χ4v) is 14.4. The lowest BCUT2D eigenvalue weighted by Gasteiger charge is -2.75. The molecule has 86 heavy (non-hydrogen) atoms. The van der Waals surface area contributed by atoms with Crippen molar-refractivity contribution in [2.45, 2.75) is 206 Å². The number of amides is 1. The maximum absolute atomic E-state index is 17.9. The van der Waals surface area contributed by atoms with Gasteiger partial charge in [-0.3, -0.25) is 33.8 Å². The first-order valence-electron chi connectivity index (χ1n) is 27.6. The van der Waals surface area contributed by atoms with Crippen LogP contribution in [0.2, 0.25) is 0 Å². The molecule has 0 radical (unpaired) electrons. The van der Waals surface area contributed by atoms with E-state index in [0.717, 1.165) is 69.5 Å². The van der Waals surface area contributed by atoms with Crippen LogP contribution in [-0.4, -0.2) is 209 Å². The number of alkyl halides is 9. The van der Waals surface area contributed by atoms with Gasteiger partial charge in [-0.2, -0.15) is 23.4 Å². The van der Waals surface area contributed by atoms with Crippen molar-refractivity contribution in [3.8, 4) is 6.07 Å². The van der Waals surface area contributed by atoms with Crippen LogP contribution in [0.4, 0.5) is 39.5 Å². The molecule has 0 aromatic rings. The number of carbonyl (C=O) groups excluding carboxylic acids is 5. The molecule has 3 heterocycles. The quantitative estimate of drug-likeness (QED) is 0.0191. The molecular formula is C53H83F9N6O18. The summed E-state index contributed by atoms with van der Waals surface area (Å²) in [5.74, 6) is -31.5. The van der Waals surface area contributed by atoms with Gasteiger partial charge in [0.05, 0.1) is 55.0 Å². The van der Waals surface area contributed by atoms with Gasteiger partial charge < -0.3 is 53.0 Å². The number of piperidine rings is 1. The molecule has 33 heteroatoms. The largest absolute Gasteiger partial charge is 0.525 e. The number of hydrogen-bond donors (Lipinski definition) is 2. The van der Waals surface area contributed by atoms with E-state index in [1.54, 1.807) is 6.07 Å². The highest BCUT2D eigenvalue weighted by atomic mass is 19.4. The number of nitro groups is 1. The lowest BCUT2D eigenvalue weighted by atomic mass is 9.50. The van der Waals surface area contributed by atoms with Gasteiger partial charge in [-0.25, -0.2) is 23.1 Å². The molecule has 0 aliphatic carbocycles. The van der Waals surface area contributed by atoms with Crippen LogP contribution in [-0.2, 0) is 66.6 Å². The SMILES string of the molecule is CCCOC1(OCC)N(N2C(OC(C)=O)(OC(C)C)C(OC(F)(F)F)(C(C)=O)OC(C(=O)OC)(C(=O)OCC)C2(C(=O)N(C)C)N2CC(C#N)C(O)([N+](=O)[O-])C(C)(CC)C2(CCC)C(C)C)C(CO)(C(C)(C)C)C(CF)(C(F)F)C1(OC)C(F)(F)F. The number of ketones is 1. The summed E-state index contributed by atoms with van der Waals surface area (Å²) >= 11 is 0. The van der Waals surface area contributed by atoms with Crippen LogP contribution in [0.3, 0.4) is 0 Å². The third-order valence-electron chi connectivity index (χ3n) is 17.4. The summed E-state index contributed by atoms with van der Waals surface area (Å²) in [6.45, 7) is 2.40. The summed E-state index contributed by atoms with van der Waals surface area (Å²) in [5.41, 5.74) is -37.1. The lowest BCUT2D eigenvalue weighted by Crippen LogP contribution is -3.01. The maximum Gasteiger partial charge on any atom is 0.525 e. The smallest absolute Gasteiger partial charge is 0.466 e. The molecule has 0 aromatic heterocycles. The Morgan fingerprint density at radius 3 is 1.78 bits per heavy atom. The van der Waals surface area contributed by atoms with Gasteiger partial charge >= 0.3 is 53.5 Å². The van der Waals surface area contributed by atoms with Crippen LogP contribution < -0.4 is 0 Å². The van der Waals surface area contributed by atoms with E-state index >= 15 is 58.7 Å². The molecule has 2 N–H and O–H groups in total. The van der Waals surface area contributed by atoms with Gasteiger partial charge in [0.25, 0.3) is 18.2 Å². The van der Waals surface area contributed by atoms with Crippen molar-refractivity contribution in [2.75, 3.05) is 68.0 Å². The van der Waals surface area contributed by atoms with Crippen molar-refractivity contribution in [2.24, 2.45) is 28.1 Å². The van der Waals surface area contributed by atoms with Gasteiger partial charge in [-0.1, -0.05) is 61.8 Å². The average Bonchev–Trinajstić information content (AvgIpc) is 1.31. The zero-order valence-electron chi connectivity index (χ0n) is 51.9. The second-order valence-electron chi connectivity index (χ2n) is 23.3. The molecule has 0 bridgehead atoms. The molecule has 3 rings (SSSR count). The summed E-state index contributed by atoms with van der Waals surface area (Å²) < 4.78 is 208. The Labute approximate surface area is 493 Å². The zero-order chi connectivity index (χ0) is 67.2. The number of carbonyl (C=O) groups is 5. The molecule has 0 spiro atoms. The number of hydrogen-bond acceptors (Lipinski definition) is 22.